The van der Waals surface area contributed by atoms with Gasteiger partial charge in [0.25, 0.3) is 5.92 Å². The maximum absolute atomic E-state index is 14.3. The predicted molar refractivity (Wildman–Crippen MR) is 121 cm³/mol. The minimum absolute atomic E-state index is 0.0433. The van der Waals surface area contributed by atoms with Crippen molar-refractivity contribution in [3.05, 3.63) is 12.2 Å². The van der Waals surface area contributed by atoms with E-state index in [2.05, 4.69) is 0 Å². The zero-order valence-electron chi connectivity index (χ0n) is 19.8. The van der Waals surface area contributed by atoms with Crippen molar-refractivity contribution >= 4 is 5.97 Å². The molecule has 0 aromatic heterocycles. The van der Waals surface area contributed by atoms with Crippen LogP contribution in [0.25, 0.3) is 0 Å². The SMILES string of the molecule is CCCCC(F)(F)C(O)CCC1C(OC2CCCCO2)CC(O)C1CC=CCCCC(=O)O. The van der Waals surface area contributed by atoms with E-state index in [0.29, 0.717) is 51.6 Å². The van der Waals surface area contributed by atoms with Crippen LogP contribution in [0.3, 0.4) is 0 Å². The summed E-state index contributed by atoms with van der Waals surface area (Å²) in [6.45, 7) is 2.48. The Bertz CT molecular complexity index is 593. The van der Waals surface area contributed by atoms with Gasteiger partial charge >= 0.3 is 5.97 Å². The minimum Gasteiger partial charge on any atom is -0.481 e. The number of unbranched alkanes of at least 4 members (excludes halogenated alkanes) is 2. The van der Waals surface area contributed by atoms with Crippen LogP contribution in [0.1, 0.15) is 90.4 Å². The second-order valence-electron chi connectivity index (χ2n) is 9.55. The molecule has 2 fully saturated rings. The number of carboxylic acids is 1. The lowest BCUT2D eigenvalue weighted by Gasteiger charge is -2.31. The fraction of sp³-hybridized carbons (Fsp3) is 0.880. The molecule has 0 aromatic rings. The molecule has 1 saturated heterocycles. The summed E-state index contributed by atoms with van der Waals surface area (Å²) in [7, 11) is 0. The van der Waals surface area contributed by atoms with Gasteiger partial charge in [0.05, 0.1) is 12.2 Å². The van der Waals surface area contributed by atoms with E-state index in [-0.39, 0.29) is 43.5 Å². The molecule has 6 unspecified atom stereocenters. The average molecular weight is 477 g/mol. The zero-order valence-corrected chi connectivity index (χ0v) is 19.8. The molecule has 0 radical (unpaired) electrons. The normalized spacial score (nSPS) is 29.5. The number of hydrogen-bond donors (Lipinski definition) is 3. The van der Waals surface area contributed by atoms with E-state index >= 15 is 0 Å². The molecule has 33 heavy (non-hydrogen) atoms. The number of allylic oxidation sites excluding steroid dienone is 2. The van der Waals surface area contributed by atoms with Gasteiger partial charge in [-0.25, -0.2) is 8.78 Å². The molecule has 1 aliphatic carbocycles. The third-order valence-corrected chi connectivity index (χ3v) is 6.92. The van der Waals surface area contributed by atoms with Crippen LogP contribution < -0.4 is 0 Å². The second kappa shape index (κ2) is 14.3. The lowest BCUT2D eigenvalue weighted by Crippen LogP contribution is -2.36. The van der Waals surface area contributed by atoms with E-state index in [1.807, 2.05) is 19.1 Å². The number of aliphatic hydroxyl groups excluding tert-OH is 2. The first kappa shape index (κ1) is 28.1. The summed E-state index contributed by atoms with van der Waals surface area (Å²) in [5.41, 5.74) is 0. The first-order valence-corrected chi connectivity index (χ1v) is 12.6. The van der Waals surface area contributed by atoms with Gasteiger partial charge in [-0.15, -0.1) is 0 Å². The first-order valence-electron chi connectivity index (χ1n) is 12.6. The van der Waals surface area contributed by atoms with Crippen molar-refractivity contribution in [2.75, 3.05) is 6.61 Å². The van der Waals surface area contributed by atoms with Crippen LogP contribution in [0.15, 0.2) is 12.2 Å². The largest absolute Gasteiger partial charge is 0.481 e. The quantitative estimate of drug-likeness (QED) is 0.226. The van der Waals surface area contributed by atoms with Crippen LogP contribution in [-0.2, 0) is 14.3 Å². The molecule has 0 bridgehead atoms. The molecule has 1 aliphatic heterocycles. The molecule has 6 nitrogen and oxygen atoms in total. The van der Waals surface area contributed by atoms with E-state index in [9.17, 15) is 23.8 Å². The molecule has 0 aromatic carbocycles. The number of rotatable bonds is 15. The van der Waals surface area contributed by atoms with Crippen LogP contribution in [0.2, 0.25) is 0 Å². The van der Waals surface area contributed by atoms with Crippen LogP contribution in [0, 0.1) is 11.8 Å². The van der Waals surface area contributed by atoms with Crippen molar-refractivity contribution in [1.29, 1.82) is 0 Å². The Labute approximate surface area is 196 Å². The number of aliphatic carboxylic acids is 1. The van der Waals surface area contributed by atoms with Gasteiger partial charge in [0.15, 0.2) is 6.29 Å². The van der Waals surface area contributed by atoms with Crippen LogP contribution in [-0.4, -0.2) is 58.4 Å². The van der Waals surface area contributed by atoms with Gasteiger partial charge in [-0.1, -0.05) is 25.5 Å². The van der Waals surface area contributed by atoms with Gasteiger partial charge in [-0.3, -0.25) is 4.79 Å². The topological polar surface area (TPSA) is 96.2 Å². The van der Waals surface area contributed by atoms with Gasteiger partial charge in [0.1, 0.15) is 6.10 Å². The molecule has 1 saturated carbocycles. The van der Waals surface area contributed by atoms with E-state index in [1.165, 1.54) is 0 Å². The number of alkyl halides is 2. The molecule has 192 valence electrons. The number of aliphatic hydroxyl groups is 2. The summed E-state index contributed by atoms with van der Waals surface area (Å²) in [4.78, 5) is 10.6. The van der Waals surface area contributed by atoms with E-state index in [1.54, 1.807) is 0 Å². The summed E-state index contributed by atoms with van der Waals surface area (Å²) in [5, 5.41) is 29.7. The predicted octanol–water partition coefficient (Wildman–Crippen LogP) is 5.06. The van der Waals surface area contributed by atoms with Crippen molar-refractivity contribution in [2.24, 2.45) is 11.8 Å². The van der Waals surface area contributed by atoms with Crippen LogP contribution >= 0.6 is 0 Å². The Morgan fingerprint density at radius 1 is 1.24 bits per heavy atom. The van der Waals surface area contributed by atoms with Gasteiger partial charge in [-0.2, -0.15) is 0 Å². The molecule has 1 heterocycles. The number of ether oxygens (including phenoxy) is 2. The van der Waals surface area contributed by atoms with E-state index < -0.39 is 24.1 Å². The Morgan fingerprint density at radius 2 is 2.03 bits per heavy atom. The summed E-state index contributed by atoms with van der Waals surface area (Å²) < 4.78 is 40.5. The van der Waals surface area contributed by atoms with Gasteiger partial charge in [0.2, 0.25) is 0 Å². The van der Waals surface area contributed by atoms with Crippen molar-refractivity contribution in [1.82, 2.24) is 0 Å². The zero-order chi connectivity index (χ0) is 24.3. The fourth-order valence-electron chi connectivity index (χ4n) is 4.93. The van der Waals surface area contributed by atoms with Crippen molar-refractivity contribution in [2.45, 2.75) is 121 Å². The Morgan fingerprint density at radius 3 is 2.70 bits per heavy atom. The minimum atomic E-state index is -3.12. The van der Waals surface area contributed by atoms with Crippen molar-refractivity contribution in [3.8, 4) is 0 Å². The highest BCUT2D eigenvalue weighted by Crippen LogP contribution is 2.42. The van der Waals surface area contributed by atoms with Crippen molar-refractivity contribution < 1.29 is 38.4 Å². The highest BCUT2D eigenvalue weighted by molar-refractivity contribution is 5.66. The summed E-state index contributed by atoms with van der Waals surface area (Å²) in [6.07, 6.45) is 6.95. The molecule has 3 N–H and O–H groups in total. The summed E-state index contributed by atoms with van der Waals surface area (Å²) in [6, 6.07) is 0. The monoisotopic (exact) mass is 476 g/mol. The Balaban J connectivity index is 1.98. The smallest absolute Gasteiger partial charge is 0.303 e. The lowest BCUT2D eigenvalue weighted by molar-refractivity contribution is -0.197. The van der Waals surface area contributed by atoms with Gasteiger partial charge < -0.3 is 24.8 Å². The third-order valence-electron chi connectivity index (χ3n) is 6.92. The fourth-order valence-corrected chi connectivity index (χ4v) is 4.93. The average Bonchev–Trinajstić information content (AvgIpc) is 3.07. The van der Waals surface area contributed by atoms with E-state index in [0.717, 1.165) is 19.3 Å². The Hall–Kier alpha value is -1.09. The van der Waals surface area contributed by atoms with Crippen LogP contribution in [0.5, 0.6) is 0 Å². The van der Waals surface area contributed by atoms with E-state index in [4.69, 9.17) is 14.6 Å². The lowest BCUT2D eigenvalue weighted by atomic mass is 9.85. The molecule has 8 heteroatoms. The maximum atomic E-state index is 14.3. The molecule has 0 amide bonds. The molecular formula is C25H42F2O6. The molecule has 0 spiro atoms. The number of carbonyl (C=O) groups is 1. The number of carboxylic acid groups (broad SMARTS) is 1. The molecular weight excluding hydrogens is 434 g/mol. The molecule has 2 rings (SSSR count). The summed E-state index contributed by atoms with van der Waals surface area (Å²) >= 11 is 0. The molecule has 6 atom stereocenters. The van der Waals surface area contributed by atoms with Crippen molar-refractivity contribution in [3.63, 3.8) is 0 Å². The highest BCUT2D eigenvalue weighted by Gasteiger charge is 2.45. The maximum Gasteiger partial charge on any atom is 0.303 e. The number of hydrogen-bond acceptors (Lipinski definition) is 5. The number of halogens is 2. The second-order valence-corrected chi connectivity index (χ2v) is 9.55. The highest BCUT2D eigenvalue weighted by atomic mass is 19.3. The first-order chi connectivity index (χ1) is 15.7. The van der Waals surface area contributed by atoms with Gasteiger partial charge in [0, 0.05) is 25.9 Å². The third kappa shape index (κ3) is 9.59. The Kier molecular flexibility index (Phi) is 12.2. The summed E-state index contributed by atoms with van der Waals surface area (Å²) in [5.74, 6) is -4.26. The molecule has 2 aliphatic rings. The van der Waals surface area contributed by atoms with Crippen LogP contribution in [0.4, 0.5) is 8.78 Å². The van der Waals surface area contributed by atoms with Gasteiger partial charge in [-0.05, 0) is 69.6 Å². The standard InChI is InChI=1S/C25H42F2O6/c1-2-3-15-25(26,27)22(29)14-13-19-18(10-6-4-5-7-11-23(30)31)20(28)17-21(19)33-24-12-8-9-16-32-24/h4,6,18-22,24,28-29H,2-3,5,7-17H2,1H3,(H,30,31).